The lowest BCUT2D eigenvalue weighted by Gasteiger charge is -2.35. The molecular weight excluding hydrogens is 651 g/mol. The van der Waals surface area contributed by atoms with E-state index >= 15 is 0 Å². The molecule has 1 saturated carbocycles. The highest BCUT2D eigenvalue weighted by Gasteiger charge is 2.53. The Bertz CT molecular complexity index is 1470. The number of hydrogen-bond acceptors (Lipinski definition) is 10. The van der Waals surface area contributed by atoms with Crippen LogP contribution in [-0.4, -0.2) is 114 Å². The summed E-state index contributed by atoms with van der Waals surface area (Å²) in [5.41, 5.74) is 7.68. The van der Waals surface area contributed by atoms with Crippen LogP contribution in [0, 0.1) is 12.3 Å². The van der Waals surface area contributed by atoms with Crippen LogP contribution in [0.25, 0.3) is 10.4 Å². The third kappa shape index (κ3) is 9.54. The molecule has 3 heterocycles. The van der Waals surface area contributed by atoms with Gasteiger partial charge < -0.3 is 40.7 Å². The molecule has 0 radical (unpaired) electrons. The fourth-order valence-corrected chi connectivity index (χ4v) is 7.06. The number of aliphatic hydroxyl groups is 1. The number of ether oxygens (including phenoxy) is 2. The average molecular weight is 703 g/mol. The Morgan fingerprint density at radius 1 is 1.18 bits per heavy atom. The van der Waals surface area contributed by atoms with Gasteiger partial charge in [-0.05, 0) is 62.7 Å². The van der Waals surface area contributed by atoms with Crippen LogP contribution in [0.5, 0.6) is 5.75 Å². The number of aryl methyl sites for hydroxylation is 1. The number of carbonyl (C=O) groups is 3. The molecule has 0 unspecified atom stereocenters. The number of rotatable bonds is 14. The van der Waals surface area contributed by atoms with Crippen LogP contribution in [0.2, 0.25) is 0 Å². The number of likely N-dealkylation sites (tertiary alicyclic amines) is 2. The first-order chi connectivity index (χ1) is 23.2. The Morgan fingerprint density at radius 2 is 1.92 bits per heavy atom. The monoisotopic (exact) mass is 702 g/mol. The molecule has 2 saturated heterocycles. The predicted octanol–water partition coefficient (Wildman–Crippen LogP) is 2.55. The molecule has 1 aromatic carbocycles. The number of aromatic nitrogens is 1. The van der Waals surface area contributed by atoms with Gasteiger partial charge in [-0.1, -0.05) is 32.9 Å². The van der Waals surface area contributed by atoms with Gasteiger partial charge in [-0.2, -0.15) is 0 Å². The SMILES string of the molecule is Cc1ncsc1-c1ccc(CNC(=O)[C@@H]2C[C@@H](O)CN2C(=O)[C@@H](NC(=O)C2(F)CC2)C(C)(C)C)c(OCCOCCN2CCC(N)CC2)c1. The van der Waals surface area contributed by atoms with E-state index in [1.54, 1.807) is 26.3 Å². The van der Waals surface area contributed by atoms with Crippen molar-refractivity contribution in [1.82, 2.24) is 25.4 Å². The number of amides is 3. The number of piperidine rings is 1. The van der Waals surface area contributed by atoms with E-state index in [0.29, 0.717) is 31.6 Å². The van der Waals surface area contributed by atoms with Gasteiger partial charge in [0.1, 0.15) is 24.4 Å². The van der Waals surface area contributed by atoms with Gasteiger partial charge in [0.15, 0.2) is 5.67 Å². The lowest BCUT2D eigenvalue weighted by molar-refractivity contribution is -0.145. The number of nitrogens with two attached hydrogens (primary N) is 1. The van der Waals surface area contributed by atoms with Crippen molar-refractivity contribution in [1.29, 1.82) is 0 Å². The summed E-state index contributed by atoms with van der Waals surface area (Å²) in [6.45, 7) is 11.4. The minimum Gasteiger partial charge on any atom is -0.491 e. The number of β-amino-alcohol motifs (C(OH)–C–C–N with tert-alkyl or cyclic N) is 1. The number of benzene rings is 1. The molecule has 2 aliphatic heterocycles. The zero-order valence-electron chi connectivity index (χ0n) is 29.0. The molecule has 1 aliphatic carbocycles. The Hall–Kier alpha value is -3.17. The Labute approximate surface area is 291 Å². The fraction of sp³-hybridized carbons (Fsp3) is 0.657. The first kappa shape index (κ1) is 37.1. The molecule has 270 valence electrons. The van der Waals surface area contributed by atoms with Crippen LogP contribution in [0.15, 0.2) is 23.7 Å². The predicted molar refractivity (Wildman–Crippen MR) is 185 cm³/mol. The Morgan fingerprint density at radius 3 is 2.57 bits per heavy atom. The molecule has 0 spiro atoms. The summed E-state index contributed by atoms with van der Waals surface area (Å²) >= 11 is 1.53. The minimum atomic E-state index is -1.95. The van der Waals surface area contributed by atoms with Gasteiger partial charge in [-0.3, -0.25) is 14.4 Å². The third-order valence-corrected chi connectivity index (χ3v) is 10.5. The Kier molecular flexibility index (Phi) is 12.0. The number of nitrogens with one attached hydrogen (secondary N) is 2. The molecule has 2 aromatic rings. The zero-order valence-corrected chi connectivity index (χ0v) is 29.8. The summed E-state index contributed by atoms with van der Waals surface area (Å²) in [7, 11) is 0. The van der Waals surface area contributed by atoms with Gasteiger partial charge in [0.05, 0.1) is 35.4 Å². The van der Waals surface area contributed by atoms with E-state index in [4.69, 9.17) is 15.2 Å². The van der Waals surface area contributed by atoms with E-state index in [2.05, 4.69) is 20.5 Å². The highest BCUT2D eigenvalue weighted by Crippen LogP contribution is 2.40. The van der Waals surface area contributed by atoms with Crippen LogP contribution < -0.4 is 21.1 Å². The van der Waals surface area contributed by atoms with Gasteiger partial charge in [0.25, 0.3) is 5.91 Å². The average Bonchev–Trinajstić information content (AvgIpc) is 3.47. The summed E-state index contributed by atoms with van der Waals surface area (Å²) in [5.74, 6) is -1.19. The lowest BCUT2D eigenvalue weighted by Crippen LogP contribution is -2.59. The van der Waals surface area contributed by atoms with Gasteiger partial charge in [0, 0.05) is 37.7 Å². The molecule has 5 N–H and O–H groups in total. The molecular formula is C35H51FN6O6S. The van der Waals surface area contributed by atoms with Crippen LogP contribution in [0.3, 0.4) is 0 Å². The third-order valence-electron chi connectivity index (χ3n) is 9.55. The number of nitrogens with zero attached hydrogens (tertiary/aromatic N) is 3. The lowest BCUT2D eigenvalue weighted by atomic mass is 9.85. The molecule has 0 bridgehead atoms. The van der Waals surface area contributed by atoms with Crippen molar-refractivity contribution in [3.05, 3.63) is 35.0 Å². The summed E-state index contributed by atoms with van der Waals surface area (Å²) in [4.78, 5) is 49.0. The van der Waals surface area contributed by atoms with Crippen molar-refractivity contribution >= 4 is 29.1 Å². The van der Waals surface area contributed by atoms with E-state index in [0.717, 1.165) is 54.2 Å². The number of aliphatic hydroxyl groups excluding tert-OH is 1. The van der Waals surface area contributed by atoms with Gasteiger partial charge in [0.2, 0.25) is 11.8 Å². The van der Waals surface area contributed by atoms with Crippen molar-refractivity contribution in [2.75, 3.05) is 46.0 Å². The van der Waals surface area contributed by atoms with Gasteiger partial charge in [-0.25, -0.2) is 9.37 Å². The van der Waals surface area contributed by atoms with Crippen LogP contribution >= 0.6 is 11.3 Å². The molecule has 3 fully saturated rings. The summed E-state index contributed by atoms with van der Waals surface area (Å²) in [6, 6.07) is 4.04. The number of thiazole rings is 1. The molecule has 3 aliphatic rings. The van der Waals surface area contributed by atoms with E-state index in [1.165, 1.54) is 16.2 Å². The highest BCUT2D eigenvalue weighted by molar-refractivity contribution is 7.13. The van der Waals surface area contributed by atoms with Crippen molar-refractivity contribution in [2.45, 2.75) is 96.2 Å². The second-order valence-electron chi connectivity index (χ2n) is 14.6. The highest BCUT2D eigenvalue weighted by atomic mass is 32.1. The van der Waals surface area contributed by atoms with Crippen molar-refractivity contribution < 1.29 is 33.4 Å². The smallest absolute Gasteiger partial charge is 0.258 e. The standard InChI is InChI=1S/C35H51FN6O6S/c1-22-29(49-21-39-22)23-5-6-24(28(17-23)48-16-15-47-14-13-41-11-7-25(37)8-12-41)19-38-31(44)27-18-26(43)20-42(27)32(45)30(34(2,3)4)40-33(46)35(36)9-10-35/h5-6,17,21,25-27,30,43H,7-16,18-20,37H2,1-4H3,(H,38,44)(H,40,46)/t26-,27+,30-/m1/s1. The topological polar surface area (TPSA) is 159 Å². The van der Waals surface area contributed by atoms with Crippen molar-refractivity contribution in [3.8, 4) is 16.2 Å². The maximum atomic E-state index is 14.5. The number of carbonyl (C=O) groups excluding carboxylic acids is 3. The first-order valence-corrected chi connectivity index (χ1v) is 18.1. The quantitative estimate of drug-likeness (QED) is 0.217. The van der Waals surface area contributed by atoms with E-state index in [9.17, 15) is 23.9 Å². The second-order valence-corrected chi connectivity index (χ2v) is 15.4. The molecule has 5 rings (SSSR count). The molecule has 3 atom stereocenters. The van der Waals surface area contributed by atoms with Crippen LogP contribution in [0.4, 0.5) is 4.39 Å². The molecule has 12 nitrogen and oxygen atoms in total. The second kappa shape index (κ2) is 15.8. The van der Waals surface area contributed by atoms with E-state index in [-0.39, 0.29) is 32.4 Å². The van der Waals surface area contributed by atoms with E-state index in [1.807, 2.05) is 25.1 Å². The number of hydrogen-bond donors (Lipinski definition) is 4. The zero-order chi connectivity index (χ0) is 35.3. The van der Waals surface area contributed by atoms with Crippen molar-refractivity contribution in [3.63, 3.8) is 0 Å². The van der Waals surface area contributed by atoms with Crippen LogP contribution in [0.1, 0.15) is 64.1 Å². The molecule has 14 heteroatoms. The molecule has 3 amide bonds. The first-order valence-electron chi connectivity index (χ1n) is 17.2. The molecule has 1 aromatic heterocycles. The normalized spacial score (nSPS) is 21.7. The Balaban J connectivity index is 1.22. The van der Waals surface area contributed by atoms with Crippen LogP contribution in [-0.2, 0) is 25.7 Å². The maximum absolute atomic E-state index is 14.5. The molecule has 49 heavy (non-hydrogen) atoms. The minimum absolute atomic E-state index is 0.0456. The largest absolute Gasteiger partial charge is 0.491 e. The number of alkyl halides is 1. The maximum Gasteiger partial charge on any atom is 0.258 e. The number of halogens is 1. The van der Waals surface area contributed by atoms with Gasteiger partial charge >= 0.3 is 0 Å². The summed E-state index contributed by atoms with van der Waals surface area (Å²) in [6.07, 6.45) is 1.38. The van der Waals surface area contributed by atoms with Gasteiger partial charge in [-0.15, -0.1) is 11.3 Å². The summed E-state index contributed by atoms with van der Waals surface area (Å²) < 4.78 is 26.6. The van der Waals surface area contributed by atoms with Crippen molar-refractivity contribution in [2.24, 2.45) is 11.1 Å². The fourth-order valence-electron chi connectivity index (χ4n) is 6.26. The van der Waals surface area contributed by atoms with E-state index < -0.39 is 47.0 Å². The summed E-state index contributed by atoms with van der Waals surface area (Å²) in [5, 5.41) is 16.0.